The summed E-state index contributed by atoms with van der Waals surface area (Å²) in [5.41, 5.74) is 0.820. The number of nitrogens with one attached hydrogen (secondary N) is 1. The number of hydrogen-bond acceptors (Lipinski definition) is 3. The summed E-state index contributed by atoms with van der Waals surface area (Å²) in [6.45, 7) is 5.89. The quantitative estimate of drug-likeness (QED) is 0.810. The molecular formula is C15H20N2O2. The predicted octanol–water partition coefficient (Wildman–Crippen LogP) is 1.73. The molecule has 0 aliphatic carbocycles. The Hall–Kier alpha value is -1.86. The highest BCUT2D eigenvalue weighted by molar-refractivity contribution is 5.92. The van der Waals surface area contributed by atoms with Crippen LogP contribution in [0.15, 0.2) is 18.3 Å². The van der Waals surface area contributed by atoms with Crippen LogP contribution in [-0.4, -0.2) is 28.1 Å². The van der Waals surface area contributed by atoms with Crippen molar-refractivity contribution in [3.63, 3.8) is 0 Å². The van der Waals surface area contributed by atoms with Crippen LogP contribution in [0.3, 0.4) is 0 Å². The third kappa shape index (κ3) is 5.11. The van der Waals surface area contributed by atoms with Crippen LogP contribution in [0, 0.1) is 11.8 Å². The standard InChI is InChI=1S/C15H20N2O2/c1-4-9-15(2,3)17-14(19)13-8-7-12(11-16-13)6-5-10-18/h7-8,11,18H,4,9-10H2,1-3H3,(H,17,19). The van der Waals surface area contributed by atoms with E-state index in [1.807, 2.05) is 13.8 Å². The summed E-state index contributed by atoms with van der Waals surface area (Å²) in [4.78, 5) is 16.1. The lowest BCUT2D eigenvalue weighted by Crippen LogP contribution is -2.43. The Kier molecular flexibility index (Phi) is 5.53. The van der Waals surface area contributed by atoms with Gasteiger partial charge in [-0.25, -0.2) is 4.98 Å². The number of nitrogens with zero attached hydrogens (tertiary/aromatic N) is 1. The number of pyridine rings is 1. The third-order valence-corrected chi connectivity index (χ3v) is 2.63. The first kappa shape index (κ1) is 15.2. The number of amides is 1. The average Bonchev–Trinajstić information content (AvgIpc) is 2.36. The molecule has 0 bridgehead atoms. The molecule has 0 atom stereocenters. The normalized spacial score (nSPS) is 10.5. The Balaban J connectivity index is 2.73. The predicted molar refractivity (Wildman–Crippen MR) is 74.7 cm³/mol. The van der Waals surface area contributed by atoms with Gasteiger partial charge in [-0.2, -0.15) is 0 Å². The zero-order valence-electron chi connectivity index (χ0n) is 11.7. The molecule has 1 rings (SSSR count). The molecule has 1 amide bonds. The minimum Gasteiger partial charge on any atom is -0.384 e. The molecule has 0 fully saturated rings. The van der Waals surface area contributed by atoms with E-state index in [0.29, 0.717) is 11.3 Å². The average molecular weight is 260 g/mol. The van der Waals surface area contributed by atoms with Crippen LogP contribution in [-0.2, 0) is 0 Å². The molecule has 0 radical (unpaired) electrons. The second-order valence-corrected chi connectivity index (χ2v) is 4.98. The molecule has 1 heterocycles. The van der Waals surface area contributed by atoms with Crippen molar-refractivity contribution >= 4 is 5.91 Å². The summed E-state index contributed by atoms with van der Waals surface area (Å²) in [6.07, 6.45) is 3.46. The molecule has 0 aromatic carbocycles. The molecule has 19 heavy (non-hydrogen) atoms. The fourth-order valence-corrected chi connectivity index (χ4v) is 1.80. The van der Waals surface area contributed by atoms with Crippen molar-refractivity contribution in [2.75, 3.05) is 6.61 Å². The summed E-state index contributed by atoms with van der Waals surface area (Å²) in [7, 11) is 0. The van der Waals surface area contributed by atoms with Crippen molar-refractivity contribution in [1.82, 2.24) is 10.3 Å². The van der Waals surface area contributed by atoms with Gasteiger partial charge in [-0.15, -0.1) is 0 Å². The molecule has 0 aliphatic rings. The molecule has 4 nitrogen and oxygen atoms in total. The van der Waals surface area contributed by atoms with Gasteiger partial charge in [-0.1, -0.05) is 25.2 Å². The maximum atomic E-state index is 12.0. The van der Waals surface area contributed by atoms with Gasteiger partial charge < -0.3 is 10.4 Å². The number of rotatable bonds is 4. The van der Waals surface area contributed by atoms with Crippen LogP contribution in [0.5, 0.6) is 0 Å². The van der Waals surface area contributed by atoms with Gasteiger partial charge in [0.1, 0.15) is 12.3 Å². The number of carbonyl (C=O) groups excluding carboxylic acids is 1. The Labute approximate surface area is 114 Å². The largest absolute Gasteiger partial charge is 0.384 e. The van der Waals surface area contributed by atoms with Crippen LogP contribution < -0.4 is 5.32 Å². The summed E-state index contributed by atoms with van der Waals surface area (Å²) in [5.74, 6) is 5.09. The number of carbonyl (C=O) groups is 1. The van der Waals surface area contributed by atoms with E-state index in [0.717, 1.165) is 12.8 Å². The molecule has 0 unspecified atom stereocenters. The molecule has 4 heteroatoms. The van der Waals surface area contributed by atoms with Crippen molar-refractivity contribution < 1.29 is 9.90 Å². The van der Waals surface area contributed by atoms with E-state index in [4.69, 9.17) is 5.11 Å². The highest BCUT2D eigenvalue weighted by atomic mass is 16.2. The first-order valence-corrected chi connectivity index (χ1v) is 6.37. The molecule has 2 N–H and O–H groups in total. The van der Waals surface area contributed by atoms with Crippen molar-refractivity contribution in [2.24, 2.45) is 0 Å². The fraction of sp³-hybridized carbons (Fsp3) is 0.467. The van der Waals surface area contributed by atoms with Gasteiger partial charge in [0.05, 0.1) is 0 Å². The van der Waals surface area contributed by atoms with E-state index in [9.17, 15) is 4.79 Å². The van der Waals surface area contributed by atoms with Gasteiger partial charge in [-0.05, 0) is 32.4 Å². The molecule has 0 aliphatic heterocycles. The van der Waals surface area contributed by atoms with E-state index in [1.165, 1.54) is 6.20 Å². The SMILES string of the molecule is CCCC(C)(C)NC(=O)c1ccc(C#CCO)cn1. The minimum absolute atomic E-state index is 0.180. The zero-order chi connectivity index (χ0) is 14.3. The van der Waals surface area contributed by atoms with E-state index in [1.54, 1.807) is 12.1 Å². The van der Waals surface area contributed by atoms with Crippen LogP contribution in [0.2, 0.25) is 0 Å². The van der Waals surface area contributed by atoms with Crippen molar-refractivity contribution in [3.8, 4) is 11.8 Å². The van der Waals surface area contributed by atoms with Crippen LogP contribution in [0.4, 0.5) is 0 Å². The highest BCUT2D eigenvalue weighted by Crippen LogP contribution is 2.11. The molecular weight excluding hydrogens is 240 g/mol. The van der Waals surface area contributed by atoms with E-state index in [2.05, 4.69) is 29.1 Å². The van der Waals surface area contributed by atoms with Crippen molar-refractivity contribution in [2.45, 2.75) is 39.2 Å². The van der Waals surface area contributed by atoms with Gasteiger partial charge in [0.2, 0.25) is 0 Å². The van der Waals surface area contributed by atoms with E-state index in [-0.39, 0.29) is 18.1 Å². The summed E-state index contributed by atoms with van der Waals surface area (Å²) < 4.78 is 0. The summed E-state index contributed by atoms with van der Waals surface area (Å²) in [5, 5.41) is 11.5. The first-order valence-electron chi connectivity index (χ1n) is 6.37. The number of aliphatic hydroxyl groups is 1. The lowest BCUT2D eigenvalue weighted by molar-refractivity contribution is 0.0904. The summed E-state index contributed by atoms with van der Waals surface area (Å²) >= 11 is 0. The van der Waals surface area contributed by atoms with Gasteiger partial charge >= 0.3 is 0 Å². The van der Waals surface area contributed by atoms with Gasteiger partial charge in [0.25, 0.3) is 5.91 Å². The van der Waals surface area contributed by atoms with Gasteiger partial charge in [0, 0.05) is 17.3 Å². The summed E-state index contributed by atoms with van der Waals surface area (Å²) in [6, 6.07) is 3.36. The lowest BCUT2D eigenvalue weighted by Gasteiger charge is -2.25. The van der Waals surface area contributed by atoms with Crippen molar-refractivity contribution in [3.05, 3.63) is 29.6 Å². The molecule has 0 spiro atoms. The number of aliphatic hydroxyl groups excluding tert-OH is 1. The topological polar surface area (TPSA) is 62.2 Å². The minimum atomic E-state index is -0.233. The zero-order valence-corrected chi connectivity index (χ0v) is 11.7. The Morgan fingerprint density at radius 1 is 1.47 bits per heavy atom. The Morgan fingerprint density at radius 2 is 2.21 bits per heavy atom. The van der Waals surface area contributed by atoms with E-state index < -0.39 is 0 Å². The first-order chi connectivity index (χ1) is 8.98. The van der Waals surface area contributed by atoms with Gasteiger partial charge in [-0.3, -0.25) is 4.79 Å². The number of hydrogen-bond donors (Lipinski definition) is 2. The fourth-order valence-electron chi connectivity index (χ4n) is 1.80. The van der Waals surface area contributed by atoms with Crippen LogP contribution in [0.1, 0.15) is 49.7 Å². The highest BCUT2D eigenvalue weighted by Gasteiger charge is 2.20. The maximum Gasteiger partial charge on any atom is 0.270 e. The molecule has 102 valence electrons. The third-order valence-electron chi connectivity index (χ3n) is 2.63. The van der Waals surface area contributed by atoms with Gasteiger partial charge in [0.15, 0.2) is 0 Å². The van der Waals surface area contributed by atoms with Crippen LogP contribution >= 0.6 is 0 Å². The lowest BCUT2D eigenvalue weighted by atomic mass is 9.99. The Bertz CT molecular complexity index is 481. The van der Waals surface area contributed by atoms with E-state index >= 15 is 0 Å². The second kappa shape index (κ2) is 6.91. The second-order valence-electron chi connectivity index (χ2n) is 4.98. The molecule has 0 saturated heterocycles. The Morgan fingerprint density at radius 3 is 2.74 bits per heavy atom. The maximum absolute atomic E-state index is 12.0. The van der Waals surface area contributed by atoms with Crippen molar-refractivity contribution in [1.29, 1.82) is 0 Å². The number of aromatic nitrogens is 1. The molecule has 1 aromatic rings. The van der Waals surface area contributed by atoms with Crippen LogP contribution in [0.25, 0.3) is 0 Å². The smallest absolute Gasteiger partial charge is 0.270 e. The monoisotopic (exact) mass is 260 g/mol. The molecule has 0 saturated carbocycles. The molecule has 1 aromatic heterocycles.